The fraction of sp³-hybridized carbons (Fsp3) is 0.385. The Hall–Kier alpha value is -1.75. The Kier molecular flexibility index (Phi) is 3.95. The molecule has 0 radical (unpaired) electrons. The predicted molar refractivity (Wildman–Crippen MR) is 68.1 cm³/mol. The van der Waals surface area contributed by atoms with E-state index in [1.165, 1.54) is 6.07 Å². The molecule has 0 spiro atoms. The topological polar surface area (TPSA) is 61.8 Å². The van der Waals surface area contributed by atoms with Gasteiger partial charge in [0.1, 0.15) is 13.2 Å². The lowest BCUT2D eigenvalue weighted by Gasteiger charge is -2.22. The van der Waals surface area contributed by atoms with Crippen LogP contribution in [0.3, 0.4) is 0 Å². The number of hydrogen-bond acceptors (Lipinski definition) is 5. The first-order chi connectivity index (χ1) is 9.06. The number of rotatable bonds is 3. The van der Waals surface area contributed by atoms with Crippen LogP contribution in [0.15, 0.2) is 6.07 Å². The molecule has 1 aromatic rings. The van der Waals surface area contributed by atoms with Crippen molar-refractivity contribution in [2.75, 3.05) is 19.8 Å². The molecule has 0 amide bonds. The fourth-order valence-electron chi connectivity index (χ4n) is 1.84. The van der Waals surface area contributed by atoms with Crippen LogP contribution in [-0.4, -0.2) is 31.6 Å². The average Bonchev–Trinajstić information content (AvgIpc) is 2.42. The minimum Gasteiger partial charge on any atom is -0.486 e. The van der Waals surface area contributed by atoms with Gasteiger partial charge < -0.3 is 14.2 Å². The third kappa shape index (κ3) is 2.51. The third-order valence-corrected chi connectivity index (χ3v) is 3.00. The summed E-state index contributed by atoms with van der Waals surface area (Å²) in [5.74, 6) is -0.825. The first kappa shape index (κ1) is 13.7. The average molecular weight is 285 g/mol. The number of fused-ring (bicyclic) bond motifs is 1. The van der Waals surface area contributed by atoms with Crippen LogP contribution in [0, 0.1) is 6.92 Å². The van der Waals surface area contributed by atoms with Crippen LogP contribution in [-0.2, 0) is 9.53 Å². The lowest BCUT2D eigenvalue weighted by Crippen LogP contribution is -2.21. The van der Waals surface area contributed by atoms with E-state index in [0.29, 0.717) is 30.3 Å². The molecule has 1 heterocycles. The highest BCUT2D eigenvalue weighted by atomic mass is 35.5. The van der Waals surface area contributed by atoms with Gasteiger partial charge in [-0.1, -0.05) is 11.6 Å². The summed E-state index contributed by atoms with van der Waals surface area (Å²) in [6.45, 7) is 4.23. The molecule has 0 fully saturated rings. The number of Topliss-reactive ketones (excluding diaryl/α,β-unsaturated/α-hetero) is 1. The van der Waals surface area contributed by atoms with Crippen LogP contribution in [0.25, 0.3) is 0 Å². The quantitative estimate of drug-likeness (QED) is 0.483. The van der Waals surface area contributed by atoms with Gasteiger partial charge >= 0.3 is 5.97 Å². The molecule has 0 bridgehead atoms. The molecule has 0 N–H and O–H groups in total. The van der Waals surface area contributed by atoms with Gasteiger partial charge in [0, 0.05) is 11.1 Å². The summed E-state index contributed by atoms with van der Waals surface area (Å²) in [5.41, 5.74) is 0.699. The highest BCUT2D eigenvalue weighted by Gasteiger charge is 2.27. The van der Waals surface area contributed by atoms with Crippen molar-refractivity contribution in [3.63, 3.8) is 0 Å². The smallest absolute Gasteiger partial charge is 0.379 e. The number of hydrogen-bond donors (Lipinski definition) is 0. The zero-order chi connectivity index (χ0) is 14.0. The second kappa shape index (κ2) is 5.48. The Morgan fingerprint density at radius 1 is 1.32 bits per heavy atom. The van der Waals surface area contributed by atoms with Crippen LogP contribution < -0.4 is 9.47 Å². The molecular weight excluding hydrogens is 272 g/mol. The molecule has 0 saturated carbocycles. The number of benzene rings is 1. The van der Waals surface area contributed by atoms with Crippen molar-refractivity contribution < 1.29 is 23.8 Å². The van der Waals surface area contributed by atoms with E-state index < -0.39 is 11.8 Å². The fourth-order valence-corrected chi connectivity index (χ4v) is 2.09. The van der Waals surface area contributed by atoms with E-state index in [2.05, 4.69) is 0 Å². The number of carbonyl (C=O) groups excluding carboxylic acids is 2. The lowest BCUT2D eigenvalue weighted by molar-refractivity contribution is -0.137. The van der Waals surface area contributed by atoms with E-state index in [0.717, 1.165) is 0 Å². The zero-order valence-corrected chi connectivity index (χ0v) is 11.4. The van der Waals surface area contributed by atoms with Crippen molar-refractivity contribution in [1.29, 1.82) is 0 Å². The molecule has 6 heteroatoms. The summed E-state index contributed by atoms with van der Waals surface area (Å²) < 4.78 is 15.5. The molecule has 0 aliphatic carbocycles. The van der Waals surface area contributed by atoms with E-state index in [4.69, 9.17) is 25.8 Å². The maximum absolute atomic E-state index is 12.0. The van der Waals surface area contributed by atoms with Crippen molar-refractivity contribution in [3.05, 3.63) is 22.2 Å². The molecule has 0 atom stereocenters. The first-order valence-electron chi connectivity index (χ1n) is 5.86. The Morgan fingerprint density at radius 3 is 2.58 bits per heavy atom. The van der Waals surface area contributed by atoms with Crippen LogP contribution in [0.4, 0.5) is 0 Å². The monoisotopic (exact) mass is 284 g/mol. The molecule has 1 aliphatic heterocycles. The molecule has 5 nitrogen and oxygen atoms in total. The minimum absolute atomic E-state index is 0.141. The Labute approximate surface area is 115 Å². The van der Waals surface area contributed by atoms with E-state index >= 15 is 0 Å². The van der Waals surface area contributed by atoms with Gasteiger partial charge in [0.15, 0.2) is 11.5 Å². The molecule has 0 aromatic heterocycles. The van der Waals surface area contributed by atoms with Crippen LogP contribution in [0.5, 0.6) is 11.5 Å². The summed E-state index contributed by atoms with van der Waals surface area (Å²) in [6.07, 6.45) is 0. The maximum Gasteiger partial charge on any atom is 0.379 e. The summed E-state index contributed by atoms with van der Waals surface area (Å²) >= 11 is 6.04. The highest BCUT2D eigenvalue weighted by molar-refractivity contribution is 6.42. The van der Waals surface area contributed by atoms with Crippen LogP contribution in [0.1, 0.15) is 22.8 Å². The number of halogens is 1. The van der Waals surface area contributed by atoms with Crippen molar-refractivity contribution in [2.45, 2.75) is 13.8 Å². The van der Waals surface area contributed by atoms with Gasteiger partial charge in [0.2, 0.25) is 0 Å². The summed E-state index contributed by atoms with van der Waals surface area (Å²) in [4.78, 5) is 23.5. The molecule has 1 aliphatic rings. The standard InChI is InChI=1S/C13H13ClO5/c1-3-17-13(16)10(15)8-6-9(14)12-11(7(8)2)18-4-5-19-12/h6H,3-5H2,1-2H3. The number of esters is 1. The Balaban J connectivity index is 2.45. The second-order valence-corrected chi connectivity index (χ2v) is 4.34. The normalized spacial score (nSPS) is 13.0. The van der Waals surface area contributed by atoms with Crippen molar-refractivity contribution in [2.24, 2.45) is 0 Å². The highest BCUT2D eigenvalue weighted by Crippen LogP contribution is 2.41. The lowest BCUT2D eigenvalue weighted by atomic mass is 10.0. The van der Waals surface area contributed by atoms with Gasteiger partial charge in [-0.15, -0.1) is 0 Å². The minimum atomic E-state index is -0.904. The van der Waals surface area contributed by atoms with E-state index in [-0.39, 0.29) is 17.2 Å². The summed E-state index contributed by atoms with van der Waals surface area (Å²) in [6, 6.07) is 1.41. The molecule has 2 rings (SSSR count). The van der Waals surface area contributed by atoms with Crippen molar-refractivity contribution in [1.82, 2.24) is 0 Å². The molecular formula is C13H13ClO5. The van der Waals surface area contributed by atoms with E-state index in [9.17, 15) is 9.59 Å². The maximum atomic E-state index is 12.0. The molecule has 102 valence electrons. The number of ketones is 1. The second-order valence-electron chi connectivity index (χ2n) is 3.94. The molecule has 1 aromatic carbocycles. The van der Waals surface area contributed by atoms with Gasteiger partial charge in [0.05, 0.1) is 11.6 Å². The predicted octanol–water partition coefficient (Wildman–Crippen LogP) is 2.17. The van der Waals surface area contributed by atoms with E-state index in [1.54, 1.807) is 13.8 Å². The number of ether oxygens (including phenoxy) is 3. The van der Waals surface area contributed by atoms with Gasteiger partial charge in [-0.25, -0.2) is 4.79 Å². The largest absolute Gasteiger partial charge is 0.486 e. The van der Waals surface area contributed by atoms with Gasteiger partial charge in [0.25, 0.3) is 5.78 Å². The molecule has 0 saturated heterocycles. The third-order valence-electron chi connectivity index (χ3n) is 2.72. The zero-order valence-electron chi connectivity index (χ0n) is 10.6. The van der Waals surface area contributed by atoms with Crippen LogP contribution >= 0.6 is 11.6 Å². The van der Waals surface area contributed by atoms with Gasteiger partial charge in [-0.3, -0.25) is 4.79 Å². The van der Waals surface area contributed by atoms with E-state index in [1.807, 2.05) is 0 Å². The summed E-state index contributed by atoms with van der Waals surface area (Å²) in [7, 11) is 0. The SMILES string of the molecule is CCOC(=O)C(=O)c1cc(Cl)c2c(c1C)OCCO2. The van der Waals surface area contributed by atoms with Crippen molar-refractivity contribution >= 4 is 23.4 Å². The Bertz CT molecular complexity index is 538. The van der Waals surface area contributed by atoms with Crippen molar-refractivity contribution in [3.8, 4) is 11.5 Å². The first-order valence-corrected chi connectivity index (χ1v) is 6.24. The number of carbonyl (C=O) groups is 2. The summed E-state index contributed by atoms with van der Waals surface area (Å²) in [5, 5.41) is 0.243. The molecule has 0 unspecified atom stereocenters. The van der Waals surface area contributed by atoms with Gasteiger partial charge in [-0.2, -0.15) is 0 Å². The van der Waals surface area contributed by atoms with Crippen LogP contribution in [0.2, 0.25) is 5.02 Å². The van der Waals surface area contributed by atoms with Gasteiger partial charge in [-0.05, 0) is 19.9 Å². The Morgan fingerprint density at radius 2 is 1.95 bits per heavy atom. The molecule has 19 heavy (non-hydrogen) atoms.